The number of likely N-dealkylation sites (tertiary alicyclic amines) is 1. The minimum Gasteiger partial charge on any atom is -0.496 e. The Kier molecular flexibility index (Phi) is 5.33. The number of nitrogens with zero attached hydrogens (tertiary/aromatic N) is 5. The van der Waals surface area contributed by atoms with E-state index >= 15 is 0 Å². The maximum atomic E-state index is 13.1. The molecule has 4 rings (SSSR count). The molecule has 1 atom stereocenters. The lowest BCUT2D eigenvalue weighted by molar-refractivity contribution is 0.0653. The van der Waals surface area contributed by atoms with Crippen molar-refractivity contribution in [2.45, 2.75) is 33.2 Å². The van der Waals surface area contributed by atoms with Gasteiger partial charge in [-0.05, 0) is 50.8 Å². The van der Waals surface area contributed by atoms with E-state index in [4.69, 9.17) is 4.74 Å². The van der Waals surface area contributed by atoms with E-state index in [1.165, 1.54) is 0 Å². The molecule has 1 aliphatic rings. The Morgan fingerprint density at radius 2 is 2.14 bits per heavy atom. The van der Waals surface area contributed by atoms with E-state index in [0.29, 0.717) is 23.9 Å². The van der Waals surface area contributed by atoms with Gasteiger partial charge < -0.3 is 9.64 Å². The van der Waals surface area contributed by atoms with Crippen molar-refractivity contribution in [2.75, 3.05) is 20.2 Å². The SMILES string of the molecule is COc1ccccc1-c1cc(C(=O)N2CCCC(Cn3nc(C)nc3C)C2)[nH]n1. The molecule has 0 saturated carbocycles. The number of rotatable bonds is 5. The fourth-order valence-electron chi connectivity index (χ4n) is 3.97. The van der Waals surface area contributed by atoms with Gasteiger partial charge in [-0.3, -0.25) is 9.89 Å². The number of aryl methyl sites for hydroxylation is 2. The molecule has 0 aliphatic carbocycles. The van der Waals surface area contributed by atoms with Crippen LogP contribution in [0.4, 0.5) is 0 Å². The molecule has 1 aliphatic heterocycles. The number of para-hydroxylation sites is 1. The van der Waals surface area contributed by atoms with Gasteiger partial charge in [-0.15, -0.1) is 0 Å². The predicted octanol–water partition coefficient (Wildman–Crippen LogP) is 2.85. The highest BCUT2D eigenvalue weighted by Gasteiger charge is 2.27. The van der Waals surface area contributed by atoms with Crippen molar-refractivity contribution in [2.24, 2.45) is 5.92 Å². The number of nitrogens with one attached hydrogen (secondary N) is 1. The summed E-state index contributed by atoms with van der Waals surface area (Å²) < 4.78 is 7.35. The second-order valence-corrected chi connectivity index (χ2v) is 7.51. The van der Waals surface area contributed by atoms with E-state index in [-0.39, 0.29) is 5.91 Å². The van der Waals surface area contributed by atoms with E-state index in [2.05, 4.69) is 20.3 Å². The number of methoxy groups -OCH3 is 1. The first-order valence-corrected chi connectivity index (χ1v) is 9.91. The minimum atomic E-state index is -0.0187. The fraction of sp³-hybridized carbons (Fsp3) is 0.429. The fourth-order valence-corrected chi connectivity index (χ4v) is 3.97. The molecule has 1 aromatic carbocycles. The van der Waals surface area contributed by atoms with Gasteiger partial charge in [0.05, 0.1) is 12.8 Å². The topological polar surface area (TPSA) is 88.9 Å². The number of H-pyrrole nitrogens is 1. The lowest BCUT2D eigenvalue weighted by atomic mass is 9.97. The first-order chi connectivity index (χ1) is 14.0. The molecular weight excluding hydrogens is 368 g/mol. The van der Waals surface area contributed by atoms with Crippen LogP contribution < -0.4 is 4.74 Å². The average Bonchev–Trinajstić information content (AvgIpc) is 3.34. The maximum Gasteiger partial charge on any atom is 0.271 e. The summed E-state index contributed by atoms with van der Waals surface area (Å²) >= 11 is 0. The van der Waals surface area contributed by atoms with E-state index in [1.54, 1.807) is 13.2 Å². The Hall–Kier alpha value is -3.16. The van der Waals surface area contributed by atoms with Crippen molar-refractivity contribution < 1.29 is 9.53 Å². The molecule has 8 nitrogen and oxygen atoms in total. The third kappa shape index (κ3) is 4.01. The lowest BCUT2D eigenvalue weighted by Gasteiger charge is -2.32. The van der Waals surface area contributed by atoms with Crippen LogP contribution in [0.15, 0.2) is 30.3 Å². The molecule has 0 bridgehead atoms. The molecule has 152 valence electrons. The van der Waals surface area contributed by atoms with Crippen LogP contribution in [0.2, 0.25) is 0 Å². The highest BCUT2D eigenvalue weighted by molar-refractivity contribution is 5.93. The van der Waals surface area contributed by atoms with E-state index in [1.807, 2.05) is 47.7 Å². The van der Waals surface area contributed by atoms with E-state index < -0.39 is 0 Å². The van der Waals surface area contributed by atoms with Crippen LogP contribution in [-0.2, 0) is 6.54 Å². The Morgan fingerprint density at radius 3 is 2.90 bits per heavy atom. The number of hydrogen-bond acceptors (Lipinski definition) is 5. The highest BCUT2D eigenvalue weighted by Crippen LogP contribution is 2.29. The van der Waals surface area contributed by atoms with Gasteiger partial charge in [0.25, 0.3) is 5.91 Å². The Morgan fingerprint density at radius 1 is 1.31 bits per heavy atom. The van der Waals surface area contributed by atoms with Crippen LogP contribution in [0.3, 0.4) is 0 Å². The van der Waals surface area contributed by atoms with Gasteiger partial charge in [-0.1, -0.05) is 12.1 Å². The molecule has 29 heavy (non-hydrogen) atoms. The Labute approximate surface area is 169 Å². The van der Waals surface area contributed by atoms with E-state index in [9.17, 15) is 4.79 Å². The molecule has 1 N–H and O–H groups in total. The molecule has 3 aromatic rings. The summed E-state index contributed by atoms with van der Waals surface area (Å²) in [6.45, 7) is 6.12. The molecule has 1 fully saturated rings. The number of ether oxygens (including phenoxy) is 1. The zero-order chi connectivity index (χ0) is 20.4. The van der Waals surface area contributed by atoms with Crippen molar-refractivity contribution >= 4 is 5.91 Å². The lowest BCUT2D eigenvalue weighted by Crippen LogP contribution is -2.41. The summed E-state index contributed by atoms with van der Waals surface area (Å²) in [5, 5.41) is 11.7. The largest absolute Gasteiger partial charge is 0.496 e. The number of aromatic nitrogens is 5. The molecular formula is C21H26N6O2. The zero-order valence-electron chi connectivity index (χ0n) is 17.1. The number of hydrogen-bond donors (Lipinski definition) is 1. The van der Waals surface area contributed by atoms with Crippen molar-refractivity contribution in [3.63, 3.8) is 0 Å². The standard InChI is InChI=1S/C21H26N6O2/c1-14-22-15(2)27(25-14)13-16-7-6-10-26(12-16)21(28)19-11-18(23-24-19)17-8-4-5-9-20(17)29-3/h4-5,8-9,11,16H,6-7,10,12-13H2,1-3H3,(H,23,24). The second kappa shape index (κ2) is 8.06. The number of carbonyl (C=O) groups is 1. The monoisotopic (exact) mass is 394 g/mol. The first-order valence-electron chi connectivity index (χ1n) is 9.91. The molecule has 0 radical (unpaired) electrons. The molecule has 8 heteroatoms. The van der Waals surface area contributed by atoms with E-state index in [0.717, 1.165) is 48.9 Å². The molecule has 2 aromatic heterocycles. The number of piperidine rings is 1. The molecule has 1 saturated heterocycles. The summed E-state index contributed by atoms with van der Waals surface area (Å²) in [7, 11) is 1.63. The molecule has 1 unspecified atom stereocenters. The van der Waals surface area contributed by atoms with Gasteiger partial charge in [-0.2, -0.15) is 10.2 Å². The van der Waals surface area contributed by atoms with Crippen LogP contribution in [-0.4, -0.2) is 56.0 Å². The first kappa shape index (κ1) is 19.2. The normalized spacial score (nSPS) is 16.8. The Balaban J connectivity index is 1.47. The van der Waals surface area contributed by atoms with Crippen LogP contribution in [0.25, 0.3) is 11.3 Å². The van der Waals surface area contributed by atoms with Crippen LogP contribution >= 0.6 is 0 Å². The number of carbonyl (C=O) groups excluding carboxylic acids is 1. The summed E-state index contributed by atoms with van der Waals surface area (Å²) in [6, 6.07) is 9.45. The van der Waals surface area contributed by atoms with Crippen LogP contribution in [0.1, 0.15) is 35.0 Å². The van der Waals surface area contributed by atoms with Gasteiger partial charge >= 0.3 is 0 Å². The van der Waals surface area contributed by atoms with Crippen molar-refractivity contribution in [1.29, 1.82) is 0 Å². The molecule has 3 heterocycles. The van der Waals surface area contributed by atoms with Crippen LogP contribution in [0.5, 0.6) is 5.75 Å². The Bertz CT molecular complexity index is 1010. The smallest absolute Gasteiger partial charge is 0.271 e. The molecule has 0 spiro atoms. The molecule has 1 amide bonds. The van der Waals surface area contributed by atoms with Crippen molar-refractivity contribution in [3.8, 4) is 17.0 Å². The van der Waals surface area contributed by atoms with Gasteiger partial charge in [0.2, 0.25) is 0 Å². The van der Waals surface area contributed by atoms with Crippen molar-refractivity contribution in [3.05, 3.63) is 47.7 Å². The highest BCUT2D eigenvalue weighted by atomic mass is 16.5. The average molecular weight is 394 g/mol. The number of amides is 1. The predicted molar refractivity (Wildman–Crippen MR) is 109 cm³/mol. The minimum absolute atomic E-state index is 0.0187. The quantitative estimate of drug-likeness (QED) is 0.719. The number of benzene rings is 1. The number of aromatic amines is 1. The summed E-state index contributed by atoms with van der Waals surface area (Å²) in [6.07, 6.45) is 2.06. The van der Waals surface area contributed by atoms with Gasteiger partial charge in [0.15, 0.2) is 0 Å². The van der Waals surface area contributed by atoms with Gasteiger partial charge in [0, 0.05) is 25.2 Å². The maximum absolute atomic E-state index is 13.1. The summed E-state index contributed by atoms with van der Waals surface area (Å²) in [4.78, 5) is 19.3. The van der Waals surface area contributed by atoms with Gasteiger partial charge in [-0.25, -0.2) is 9.67 Å². The van der Waals surface area contributed by atoms with Crippen LogP contribution in [0, 0.1) is 19.8 Å². The zero-order valence-corrected chi connectivity index (χ0v) is 17.1. The third-order valence-corrected chi connectivity index (χ3v) is 5.39. The van der Waals surface area contributed by atoms with Crippen molar-refractivity contribution in [1.82, 2.24) is 29.9 Å². The summed E-state index contributed by atoms with van der Waals surface area (Å²) in [5.74, 6) is 2.78. The second-order valence-electron chi connectivity index (χ2n) is 7.51. The third-order valence-electron chi connectivity index (χ3n) is 5.39. The van der Waals surface area contributed by atoms with Gasteiger partial charge in [0.1, 0.15) is 23.1 Å². The summed E-state index contributed by atoms with van der Waals surface area (Å²) in [5.41, 5.74) is 2.06.